The van der Waals surface area contributed by atoms with Crippen LogP contribution >= 0.6 is 0 Å². The lowest BCUT2D eigenvalue weighted by molar-refractivity contribution is -0.920. The second kappa shape index (κ2) is 6.48. The molecular formula is C18H24N5O2+. The minimum Gasteiger partial charge on any atom is -0.493 e. The van der Waals surface area contributed by atoms with Crippen molar-refractivity contribution in [1.82, 2.24) is 19.6 Å². The Labute approximate surface area is 146 Å². The van der Waals surface area contributed by atoms with Gasteiger partial charge in [-0.15, -0.1) is 10.2 Å². The fourth-order valence-corrected chi connectivity index (χ4v) is 3.59. The molecule has 25 heavy (non-hydrogen) atoms. The molecule has 7 nitrogen and oxygen atoms in total. The molecule has 0 saturated carbocycles. The summed E-state index contributed by atoms with van der Waals surface area (Å²) in [4.78, 5) is 6.14. The maximum absolute atomic E-state index is 5.42. The van der Waals surface area contributed by atoms with E-state index in [9.17, 15) is 0 Å². The summed E-state index contributed by atoms with van der Waals surface area (Å²) in [5.74, 6) is 3.14. The van der Waals surface area contributed by atoms with Crippen molar-refractivity contribution >= 4 is 16.6 Å². The highest BCUT2D eigenvalue weighted by Gasteiger charge is 2.22. The number of aromatic nitrogens is 4. The lowest BCUT2D eigenvalue weighted by Gasteiger charge is -2.26. The van der Waals surface area contributed by atoms with Gasteiger partial charge in [0.25, 0.3) is 0 Å². The largest absolute Gasteiger partial charge is 0.493 e. The molecule has 1 fully saturated rings. The Morgan fingerprint density at radius 1 is 1.12 bits per heavy atom. The normalized spacial score (nSPS) is 20.9. The van der Waals surface area contributed by atoms with Gasteiger partial charge in [0.2, 0.25) is 0 Å². The predicted octanol–water partition coefficient (Wildman–Crippen LogP) is 1.11. The SMILES string of the molecule is COc1cc2ncn3c(C[NH+]4CCC(C)CC4)nnc3c2cc1OC. The topological polar surface area (TPSA) is 66.0 Å². The van der Waals surface area contributed by atoms with Crippen molar-refractivity contribution in [2.75, 3.05) is 27.3 Å². The average Bonchev–Trinajstić information content (AvgIpc) is 3.05. The minimum atomic E-state index is 0.665. The van der Waals surface area contributed by atoms with Crippen LogP contribution in [0.15, 0.2) is 18.5 Å². The number of quaternary nitrogens is 1. The number of rotatable bonds is 4. The summed E-state index contributed by atoms with van der Waals surface area (Å²) < 4.78 is 12.8. The zero-order valence-corrected chi connectivity index (χ0v) is 15.0. The van der Waals surface area contributed by atoms with E-state index in [2.05, 4.69) is 22.1 Å². The summed E-state index contributed by atoms with van der Waals surface area (Å²) in [5.41, 5.74) is 1.63. The van der Waals surface area contributed by atoms with Crippen LogP contribution in [-0.4, -0.2) is 46.9 Å². The smallest absolute Gasteiger partial charge is 0.193 e. The van der Waals surface area contributed by atoms with Gasteiger partial charge < -0.3 is 14.4 Å². The first kappa shape index (κ1) is 16.1. The zero-order chi connectivity index (χ0) is 17.4. The number of nitrogens with zero attached hydrogens (tertiary/aromatic N) is 4. The van der Waals surface area contributed by atoms with Crippen molar-refractivity contribution in [3.05, 3.63) is 24.3 Å². The number of benzene rings is 1. The highest BCUT2D eigenvalue weighted by Crippen LogP contribution is 2.32. The van der Waals surface area contributed by atoms with Gasteiger partial charge >= 0.3 is 0 Å². The second-order valence-corrected chi connectivity index (χ2v) is 6.89. The maximum atomic E-state index is 5.42. The van der Waals surface area contributed by atoms with Crippen molar-refractivity contribution in [1.29, 1.82) is 0 Å². The van der Waals surface area contributed by atoms with Crippen molar-refractivity contribution in [2.24, 2.45) is 5.92 Å². The molecule has 1 aliphatic rings. The van der Waals surface area contributed by atoms with Crippen LogP contribution in [0.2, 0.25) is 0 Å². The molecule has 7 heteroatoms. The van der Waals surface area contributed by atoms with E-state index in [1.54, 1.807) is 19.1 Å². The third kappa shape index (κ3) is 2.89. The monoisotopic (exact) mass is 342 g/mol. The molecule has 3 heterocycles. The molecule has 1 saturated heterocycles. The molecule has 0 bridgehead atoms. The number of fused-ring (bicyclic) bond motifs is 3. The minimum absolute atomic E-state index is 0.665. The van der Waals surface area contributed by atoms with Crippen LogP contribution in [-0.2, 0) is 6.54 Å². The number of likely N-dealkylation sites (tertiary alicyclic amines) is 1. The highest BCUT2D eigenvalue weighted by atomic mass is 16.5. The summed E-state index contributed by atoms with van der Waals surface area (Å²) in [6, 6.07) is 3.80. The first-order valence-electron chi connectivity index (χ1n) is 8.77. The average molecular weight is 342 g/mol. The first-order chi connectivity index (χ1) is 12.2. The van der Waals surface area contributed by atoms with Crippen LogP contribution < -0.4 is 14.4 Å². The van der Waals surface area contributed by atoms with Gasteiger partial charge in [-0.05, 0) is 24.8 Å². The van der Waals surface area contributed by atoms with Gasteiger partial charge in [0, 0.05) is 11.5 Å². The number of methoxy groups -OCH3 is 2. The fourth-order valence-electron chi connectivity index (χ4n) is 3.59. The summed E-state index contributed by atoms with van der Waals surface area (Å²) in [5, 5.41) is 9.78. The predicted molar refractivity (Wildman–Crippen MR) is 94.2 cm³/mol. The van der Waals surface area contributed by atoms with E-state index in [1.807, 2.05) is 22.9 Å². The van der Waals surface area contributed by atoms with Gasteiger partial charge in [-0.1, -0.05) is 6.92 Å². The molecule has 0 radical (unpaired) electrons. The van der Waals surface area contributed by atoms with Crippen LogP contribution in [0.3, 0.4) is 0 Å². The summed E-state index contributed by atoms with van der Waals surface area (Å²) in [6.45, 7) is 5.61. The van der Waals surface area contributed by atoms with E-state index < -0.39 is 0 Å². The van der Waals surface area contributed by atoms with Crippen LogP contribution in [0, 0.1) is 5.92 Å². The van der Waals surface area contributed by atoms with Gasteiger partial charge in [-0.25, -0.2) is 4.98 Å². The zero-order valence-electron chi connectivity index (χ0n) is 15.0. The Balaban J connectivity index is 1.72. The number of nitrogens with one attached hydrogen (secondary N) is 1. The summed E-state index contributed by atoms with van der Waals surface area (Å²) in [7, 11) is 3.26. The molecule has 0 unspecified atom stereocenters. The second-order valence-electron chi connectivity index (χ2n) is 6.89. The number of piperidine rings is 1. The number of hydrogen-bond acceptors (Lipinski definition) is 5. The fraction of sp³-hybridized carbons (Fsp3) is 0.500. The molecular weight excluding hydrogens is 318 g/mol. The van der Waals surface area contributed by atoms with Gasteiger partial charge in [-0.2, -0.15) is 0 Å². The Kier molecular flexibility index (Phi) is 4.17. The van der Waals surface area contributed by atoms with E-state index >= 15 is 0 Å². The van der Waals surface area contributed by atoms with Crippen LogP contribution in [0.4, 0.5) is 0 Å². The molecule has 1 aliphatic heterocycles. The van der Waals surface area contributed by atoms with E-state index in [-0.39, 0.29) is 0 Å². The molecule has 1 N–H and O–H groups in total. The Bertz CT molecular complexity index is 899. The summed E-state index contributed by atoms with van der Waals surface area (Å²) in [6.07, 6.45) is 4.37. The van der Waals surface area contributed by atoms with E-state index in [1.165, 1.54) is 25.9 Å². The third-order valence-electron chi connectivity index (χ3n) is 5.21. The molecule has 0 amide bonds. The Hall–Kier alpha value is -2.41. The third-order valence-corrected chi connectivity index (χ3v) is 5.21. The molecule has 1 aromatic carbocycles. The van der Waals surface area contributed by atoms with Gasteiger partial charge in [0.1, 0.15) is 12.9 Å². The Morgan fingerprint density at radius 2 is 1.84 bits per heavy atom. The molecule has 2 aromatic heterocycles. The molecule has 132 valence electrons. The molecule has 4 rings (SSSR count). The molecule has 0 spiro atoms. The van der Waals surface area contributed by atoms with Crippen LogP contribution in [0.1, 0.15) is 25.6 Å². The van der Waals surface area contributed by atoms with Gasteiger partial charge in [0.15, 0.2) is 23.0 Å². The maximum Gasteiger partial charge on any atom is 0.193 e. The standard InChI is InChI=1S/C18H23N5O2/c1-12-4-6-22(7-5-12)10-17-20-21-18-13-8-15(24-2)16(25-3)9-14(13)19-11-23(17)18/h8-9,11-12H,4-7,10H2,1-3H3/p+1. The lowest BCUT2D eigenvalue weighted by Crippen LogP contribution is -3.11. The highest BCUT2D eigenvalue weighted by molar-refractivity contribution is 5.93. The lowest BCUT2D eigenvalue weighted by atomic mass is 9.99. The van der Waals surface area contributed by atoms with E-state index in [0.29, 0.717) is 11.5 Å². The van der Waals surface area contributed by atoms with E-state index in [4.69, 9.17) is 9.47 Å². The number of ether oxygens (including phenoxy) is 2. The van der Waals surface area contributed by atoms with E-state index in [0.717, 1.165) is 34.8 Å². The van der Waals surface area contributed by atoms with Crippen molar-refractivity contribution < 1.29 is 14.4 Å². The molecule has 0 atom stereocenters. The van der Waals surface area contributed by atoms with Gasteiger partial charge in [0.05, 0.1) is 32.8 Å². The van der Waals surface area contributed by atoms with Crippen molar-refractivity contribution in [3.63, 3.8) is 0 Å². The summed E-state index contributed by atoms with van der Waals surface area (Å²) >= 11 is 0. The van der Waals surface area contributed by atoms with Crippen molar-refractivity contribution in [3.8, 4) is 11.5 Å². The molecule has 0 aliphatic carbocycles. The van der Waals surface area contributed by atoms with Gasteiger partial charge in [-0.3, -0.25) is 4.40 Å². The first-order valence-corrected chi connectivity index (χ1v) is 8.77. The van der Waals surface area contributed by atoms with Crippen LogP contribution in [0.25, 0.3) is 16.6 Å². The van der Waals surface area contributed by atoms with Crippen molar-refractivity contribution in [2.45, 2.75) is 26.3 Å². The number of hydrogen-bond donors (Lipinski definition) is 1. The Morgan fingerprint density at radius 3 is 2.56 bits per heavy atom. The quantitative estimate of drug-likeness (QED) is 0.769. The molecule has 3 aromatic rings. The van der Waals surface area contributed by atoms with Crippen LogP contribution in [0.5, 0.6) is 11.5 Å².